The third kappa shape index (κ3) is 14.4. The summed E-state index contributed by atoms with van der Waals surface area (Å²) in [6.45, 7) is 6.77. The van der Waals surface area contributed by atoms with E-state index in [-0.39, 0.29) is 5.41 Å². The molecule has 6 aromatic heterocycles. The Bertz CT molecular complexity index is 8680. The Morgan fingerprint density at radius 1 is 0.180 bits per heavy atom. The fraction of sp³-hybridized carbons (Fsp3) is 0.0323. The highest BCUT2D eigenvalue weighted by Crippen LogP contribution is 2.49. The van der Waals surface area contributed by atoms with Crippen molar-refractivity contribution in [1.29, 1.82) is 0 Å². The number of para-hydroxylation sites is 7. The predicted molar refractivity (Wildman–Crippen MR) is 555 cm³/mol. The summed E-state index contributed by atoms with van der Waals surface area (Å²) in [5.74, 6) is 0. The van der Waals surface area contributed by atoms with E-state index in [1.165, 1.54) is 60.8 Å². The van der Waals surface area contributed by atoms with E-state index in [0.717, 1.165) is 178 Å². The molecule has 9 nitrogen and oxygen atoms in total. The van der Waals surface area contributed by atoms with Gasteiger partial charge in [0, 0.05) is 128 Å². The van der Waals surface area contributed by atoms with Gasteiger partial charge in [0.15, 0.2) is 0 Å². The number of hydrogen-bond acceptors (Lipinski definition) is 8. The summed E-state index contributed by atoms with van der Waals surface area (Å²) in [6.07, 6.45) is 0. The summed E-state index contributed by atoms with van der Waals surface area (Å²) in [7, 11) is 0. The molecule has 0 atom stereocenters. The van der Waals surface area contributed by atoms with Gasteiger partial charge >= 0.3 is 0 Å². The average molecular weight is 1710 g/mol. The maximum atomic E-state index is 6.41. The molecule has 0 spiro atoms. The second-order valence-electron chi connectivity index (χ2n) is 35.0. The minimum atomic E-state index is 0.0999. The quantitative estimate of drug-likeness (QED) is 0.107. The summed E-state index contributed by atoms with van der Waals surface area (Å²) in [6, 6.07) is 165. The molecule has 0 saturated carbocycles. The van der Waals surface area contributed by atoms with E-state index < -0.39 is 0 Å². The third-order valence-corrected chi connectivity index (χ3v) is 25.9. The summed E-state index contributed by atoms with van der Waals surface area (Å²) in [4.78, 5) is 6.92. The van der Waals surface area contributed by atoms with E-state index in [1.807, 2.05) is 66.7 Å². The fourth-order valence-corrected chi connectivity index (χ4v) is 19.5. The number of rotatable bonds is 14. The lowest BCUT2D eigenvalue weighted by molar-refractivity contribution is 0.590. The van der Waals surface area contributed by atoms with E-state index in [1.54, 1.807) is 0 Å². The smallest absolute Gasteiger partial charge is 0.139 e. The molecule has 0 fully saturated rings. The van der Waals surface area contributed by atoms with Gasteiger partial charge in [-0.2, -0.15) is 0 Å². The van der Waals surface area contributed by atoms with Crippen LogP contribution in [0.5, 0.6) is 0 Å². The van der Waals surface area contributed by atoms with Crippen molar-refractivity contribution >= 4 is 183 Å². The van der Waals surface area contributed by atoms with E-state index in [4.69, 9.17) is 22.1 Å². The summed E-state index contributed by atoms with van der Waals surface area (Å²) >= 11 is 0. The Morgan fingerprint density at radius 3 is 1.02 bits per heavy atom. The molecule has 133 heavy (non-hydrogen) atoms. The van der Waals surface area contributed by atoms with Crippen LogP contribution in [0.15, 0.2) is 489 Å². The lowest BCUT2D eigenvalue weighted by atomic mass is 9.87. The number of benzene rings is 20. The van der Waals surface area contributed by atoms with Gasteiger partial charge in [-0.15, -0.1) is 0 Å². The molecule has 0 bridgehead atoms. The monoisotopic (exact) mass is 1710 g/mol. The maximum Gasteiger partial charge on any atom is 0.139 e. The van der Waals surface area contributed by atoms with Crippen molar-refractivity contribution in [2.45, 2.75) is 26.2 Å². The summed E-state index contributed by atoms with van der Waals surface area (Å²) in [5, 5.41) is 13.5. The average Bonchev–Trinajstić information content (AvgIpc) is 1.56. The highest BCUT2D eigenvalue weighted by molar-refractivity contribution is 6.29. The molecule has 0 aliphatic heterocycles. The van der Waals surface area contributed by atoms with Crippen molar-refractivity contribution < 1.29 is 22.1 Å². The predicted octanol–water partition coefficient (Wildman–Crippen LogP) is 36.0. The van der Waals surface area contributed by atoms with Gasteiger partial charge in [-0.25, -0.2) is 0 Å². The first-order valence-electron chi connectivity index (χ1n) is 45.2. The minimum absolute atomic E-state index is 0.0999. The molecule has 0 radical (unpaired) electrons. The Balaban J connectivity index is 0.000000112. The number of fused-ring (bicyclic) bond motifs is 20. The molecule has 9 heteroatoms. The lowest BCUT2D eigenvalue weighted by Gasteiger charge is -2.27. The Kier molecular flexibility index (Phi) is 19.6. The van der Waals surface area contributed by atoms with Crippen molar-refractivity contribution in [2.24, 2.45) is 0 Å². The zero-order valence-electron chi connectivity index (χ0n) is 73.3. The first-order valence-corrected chi connectivity index (χ1v) is 45.2. The van der Waals surface area contributed by atoms with Crippen LogP contribution in [0.2, 0.25) is 0 Å². The van der Waals surface area contributed by atoms with Gasteiger partial charge < -0.3 is 41.4 Å². The van der Waals surface area contributed by atoms with E-state index in [9.17, 15) is 0 Å². The molecule has 26 rings (SSSR count). The third-order valence-electron chi connectivity index (χ3n) is 25.9. The van der Waals surface area contributed by atoms with Crippen LogP contribution in [0.25, 0.3) is 182 Å². The van der Waals surface area contributed by atoms with Crippen molar-refractivity contribution in [3.8, 4) is 50.2 Å². The number of nitrogens with zero attached hydrogens (tertiary/aromatic N) is 4. The largest absolute Gasteiger partial charge is 0.456 e. The normalized spacial score (nSPS) is 11.7. The molecule has 0 saturated heterocycles. The molecule has 0 amide bonds. The number of furan rings is 5. The number of aromatic nitrogens is 1. The SMILES string of the molecule is CC(C)(C)c1ccc(N(c2ccccc2)c2ccc(-c3ccc4c(c3)c3c5c(ccc3n4-c3ccccc3)oc3ccccc35)cc2)cc1.c1ccc(-c2ccc(N(c3ccc(-c4ccccc4)cc3)c3ccc(-c4cccc5oc6cc7oc8ccccc8c7cc6c45)cc3)cc2)cc1.c1ccc(N(c2ccccc2)c2ccc3oc4ccc5oc6ccccc6c5c4c3c2)cc1. The second-order valence-corrected chi connectivity index (χ2v) is 35.0. The van der Waals surface area contributed by atoms with Crippen LogP contribution in [0.1, 0.15) is 26.3 Å². The Morgan fingerprint density at radius 2 is 0.504 bits per heavy atom. The molecule has 0 N–H and O–H groups in total. The highest BCUT2D eigenvalue weighted by Gasteiger charge is 2.26. The van der Waals surface area contributed by atoms with E-state index in [2.05, 4.69) is 440 Å². The van der Waals surface area contributed by atoms with Crippen LogP contribution < -0.4 is 14.7 Å². The van der Waals surface area contributed by atoms with E-state index in [0.29, 0.717) is 0 Å². The van der Waals surface area contributed by atoms with Crippen LogP contribution in [-0.2, 0) is 5.41 Å². The van der Waals surface area contributed by atoms with Crippen LogP contribution in [0.3, 0.4) is 0 Å². The van der Waals surface area contributed by atoms with Crippen molar-refractivity contribution in [3.63, 3.8) is 0 Å². The first kappa shape index (κ1) is 79.0. The first-order chi connectivity index (χ1) is 65.6. The minimum Gasteiger partial charge on any atom is -0.456 e. The van der Waals surface area contributed by atoms with Crippen molar-refractivity contribution in [2.75, 3.05) is 14.7 Å². The standard InChI is InChI=1S/C48H31NO2.C46H36N2O.C30H19NO2/c1-3-10-32(11-4-1)34-18-24-37(25-19-34)49(38-26-20-35(21-27-38)33-12-5-2-6-13-33)39-28-22-36(23-29-39)40-15-9-17-45-48(40)43-30-42-41-14-7-8-16-44(41)50-46(42)31-47(43)51-45;1-46(2,3)33-21-25-37(26-22-33)47(34-12-6-4-7-13-34)36-23-18-31(19-24-36)32-20-27-40-39(30-32)44-41(48(40)35-14-8-5-9-15-35)28-29-43-45(44)38-16-10-11-17-42(38)49-43;1-3-9-20(10-4-1)31(21-11-5-2-6-12-21)22-15-16-26-24(19-22)30-28(33-26)18-17-27-29(30)23-13-7-8-14-25(23)32-27/h1-31H;4-30H,1-3H3;1-19H. The summed E-state index contributed by atoms with van der Waals surface area (Å²) < 4.78 is 33.7. The van der Waals surface area contributed by atoms with Gasteiger partial charge in [0.25, 0.3) is 0 Å². The number of anilines is 9. The topological polar surface area (TPSA) is 80.4 Å². The highest BCUT2D eigenvalue weighted by atomic mass is 16.4. The van der Waals surface area contributed by atoms with Gasteiger partial charge in [0.05, 0.1) is 11.0 Å². The Labute approximate surface area is 767 Å². The molecule has 6 heterocycles. The zero-order valence-corrected chi connectivity index (χ0v) is 73.3. The van der Waals surface area contributed by atoms with Gasteiger partial charge in [0.2, 0.25) is 0 Å². The van der Waals surface area contributed by atoms with Crippen LogP contribution >= 0.6 is 0 Å². The fourth-order valence-electron chi connectivity index (χ4n) is 19.5. The molecular formula is C124H86N4O5. The van der Waals surface area contributed by atoms with Crippen LogP contribution in [-0.4, -0.2) is 4.57 Å². The van der Waals surface area contributed by atoms with Gasteiger partial charge in [0.1, 0.15) is 55.8 Å². The summed E-state index contributed by atoms with van der Waals surface area (Å²) in [5.41, 5.74) is 33.0. The molecule has 0 aliphatic carbocycles. The molecule has 0 unspecified atom stereocenters. The zero-order chi connectivity index (χ0) is 88.6. The second kappa shape index (κ2) is 33.0. The van der Waals surface area contributed by atoms with Crippen LogP contribution in [0.4, 0.5) is 51.2 Å². The molecule has 20 aromatic carbocycles. The van der Waals surface area contributed by atoms with Gasteiger partial charge in [-0.1, -0.05) is 288 Å². The lowest BCUT2D eigenvalue weighted by Crippen LogP contribution is -2.13. The Hall–Kier alpha value is -17.4. The molecular weight excluding hydrogens is 1630 g/mol. The van der Waals surface area contributed by atoms with Gasteiger partial charge in [-0.05, 0) is 250 Å². The van der Waals surface area contributed by atoms with E-state index >= 15 is 0 Å². The van der Waals surface area contributed by atoms with Gasteiger partial charge in [-0.3, -0.25) is 0 Å². The number of hydrogen-bond donors (Lipinski definition) is 0. The molecule has 632 valence electrons. The molecule has 0 aliphatic rings. The molecule has 26 aromatic rings. The van der Waals surface area contributed by atoms with Crippen LogP contribution in [0, 0.1) is 0 Å². The van der Waals surface area contributed by atoms with Crippen molar-refractivity contribution in [1.82, 2.24) is 4.57 Å². The maximum absolute atomic E-state index is 6.41. The van der Waals surface area contributed by atoms with Crippen molar-refractivity contribution in [3.05, 3.63) is 473 Å².